The van der Waals surface area contributed by atoms with E-state index >= 15 is 0 Å². The average molecular weight is 746 g/mol. The van der Waals surface area contributed by atoms with Gasteiger partial charge in [0.15, 0.2) is 5.15 Å². The van der Waals surface area contributed by atoms with Gasteiger partial charge in [-0.3, -0.25) is 29.1 Å². The van der Waals surface area contributed by atoms with Crippen molar-refractivity contribution in [2.75, 3.05) is 83.9 Å². The number of nitrogens with two attached hydrogens (primary N) is 2. The molecule has 3 amide bonds. The molecule has 2 aliphatic heterocycles. The fourth-order valence-corrected chi connectivity index (χ4v) is 5.57. The van der Waals surface area contributed by atoms with Crippen LogP contribution in [0.4, 0.5) is 10.5 Å². The lowest BCUT2D eigenvalue weighted by atomic mass is 9.96. The second-order valence-corrected chi connectivity index (χ2v) is 13.0. The van der Waals surface area contributed by atoms with Crippen molar-refractivity contribution in [1.29, 1.82) is 0 Å². The number of halogens is 1. The fourth-order valence-electron chi connectivity index (χ4n) is 5.37. The van der Waals surface area contributed by atoms with Crippen LogP contribution in [-0.2, 0) is 19.1 Å². The summed E-state index contributed by atoms with van der Waals surface area (Å²) in [7, 11) is 0. The van der Waals surface area contributed by atoms with Gasteiger partial charge in [0.05, 0.1) is 25.4 Å². The summed E-state index contributed by atoms with van der Waals surface area (Å²) in [6.07, 6.45) is 4.07. The van der Waals surface area contributed by atoms with Crippen molar-refractivity contribution >= 4 is 64.5 Å². The number of nitrogens with one attached hydrogen (secondary N) is 1. The Balaban J connectivity index is 0.00000409. The van der Waals surface area contributed by atoms with Crippen molar-refractivity contribution < 1.29 is 28.7 Å². The third-order valence-electron chi connectivity index (χ3n) is 7.77. The van der Waals surface area contributed by atoms with E-state index < -0.39 is 17.6 Å². The molecule has 0 atom stereocenters. The van der Waals surface area contributed by atoms with Gasteiger partial charge < -0.3 is 30.4 Å². The molecule has 0 bridgehead atoms. The van der Waals surface area contributed by atoms with Crippen molar-refractivity contribution in [3.8, 4) is 0 Å². The van der Waals surface area contributed by atoms with Crippen molar-refractivity contribution in [2.24, 2.45) is 17.5 Å². The zero-order chi connectivity index (χ0) is 36.6. The van der Waals surface area contributed by atoms with Crippen LogP contribution in [0.15, 0.2) is 24.5 Å². The van der Waals surface area contributed by atoms with E-state index in [1.807, 2.05) is 6.92 Å². The van der Waals surface area contributed by atoms with E-state index in [1.165, 1.54) is 34.4 Å². The maximum absolute atomic E-state index is 13.2. The van der Waals surface area contributed by atoms with E-state index in [0.717, 1.165) is 45.6 Å². The molecule has 18 heteroatoms. The third-order valence-corrected chi connectivity index (χ3v) is 8.06. The quantitative estimate of drug-likeness (QED) is 0.0498. The number of nitrogens with zero attached hydrogens (tertiary/aromatic N) is 6. The Bertz CT molecular complexity index is 1260. The highest BCUT2D eigenvalue weighted by atomic mass is 35.5. The van der Waals surface area contributed by atoms with Crippen LogP contribution in [0.3, 0.4) is 0 Å². The predicted molar refractivity (Wildman–Crippen MR) is 196 cm³/mol. The summed E-state index contributed by atoms with van der Waals surface area (Å²) in [6.45, 7) is 13.1. The fraction of sp³-hybridized carbons (Fsp3) is 0.645. The van der Waals surface area contributed by atoms with Crippen LogP contribution >= 0.6 is 34.9 Å². The van der Waals surface area contributed by atoms with Gasteiger partial charge in [0.1, 0.15) is 17.8 Å². The highest BCUT2D eigenvalue weighted by Crippen LogP contribution is 2.22. The molecular formula is C31H52ClN9O6S2. The van der Waals surface area contributed by atoms with Crippen LogP contribution in [0.2, 0.25) is 5.15 Å². The number of anilines is 1. The van der Waals surface area contributed by atoms with Crippen molar-refractivity contribution in [2.45, 2.75) is 46.1 Å². The number of piperazine rings is 1. The first-order valence-electron chi connectivity index (χ1n) is 16.2. The van der Waals surface area contributed by atoms with Gasteiger partial charge in [0.25, 0.3) is 5.91 Å². The molecule has 1 aromatic heterocycles. The largest absolute Gasteiger partial charge is 0.465 e. The molecule has 0 spiro atoms. The monoisotopic (exact) mass is 745 g/mol. The number of hydrogen-bond acceptors (Lipinski definition) is 14. The highest BCUT2D eigenvalue weighted by Gasteiger charge is 2.28. The lowest BCUT2D eigenvalue weighted by Gasteiger charge is -2.38. The van der Waals surface area contributed by atoms with Crippen molar-refractivity contribution in [3.05, 3.63) is 35.4 Å². The summed E-state index contributed by atoms with van der Waals surface area (Å²) >= 11 is 12.8. The summed E-state index contributed by atoms with van der Waals surface area (Å²) in [5.41, 5.74) is 4.99. The Morgan fingerprint density at radius 3 is 2.29 bits per heavy atom. The Hall–Kier alpha value is -2.96. The molecule has 0 saturated carbocycles. The molecule has 0 aliphatic carbocycles. The lowest BCUT2D eigenvalue weighted by Crippen LogP contribution is -2.50. The van der Waals surface area contributed by atoms with E-state index in [4.69, 9.17) is 32.7 Å². The molecule has 5 N–H and O–H groups in total. The first-order valence-corrected chi connectivity index (χ1v) is 18.2. The number of carbonyl (C=O) groups excluding carboxylic acids is 4. The number of ether oxygens (including phenoxy) is 2. The number of hydrazine groups is 1. The number of likely N-dealkylation sites (tertiary alicyclic amines) is 1. The molecular weight excluding hydrogens is 694 g/mol. The molecule has 2 saturated heterocycles. The standard InChI is InChI=1S/C31H50ClN9O6.H2S2/c1-5-46-27(43)22-37-11-8-23(9-12-37)20-38-14-16-39(17-15-38)29(44)25-7-6-24(28(32)36-25)35-26(42)21-40(18-19-41(34)13-10-33)30(45)47-31(2,3)4;1-2/h6-7,10,13,23H,5,8-9,11-12,14-22,33-34H2,1-4H3,(H,35,42);1-2H/b13-10-;. The van der Waals surface area contributed by atoms with Gasteiger partial charge >= 0.3 is 12.1 Å². The molecule has 2 aliphatic rings. The number of piperidine rings is 1. The van der Waals surface area contributed by atoms with Crippen LogP contribution in [0.5, 0.6) is 0 Å². The van der Waals surface area contributed by atoms with E-state index in [2.05, 4.69) is 43.4 Å². The summed E-state index contributed by atoms with van der Waals surface area (Å²) in [4.78, 5) is 62.4. The lowest BCUT2D eigenvalue weighted by molar-refractivity contribution is -0.144. The van der Waals surface area contributed by atoms with Crippen molar-refractivity contribution in [1.82, 2.24) is 29.6 Å². The summed E-state index contributed by atoms with van der Waals surface area (Å²) in [6, 6.07) is 3.05. The molecule has 0 aromatic carbocycles. The summed E-state index contributed by atoms with van der Waals surface area (Å²) < 4.78 is 10.5. The van der Waals surface area contributed by atoms with Crippen LogP contribution in [-0.4, -0.2) is 138 Å². The number of hydrogen-bond donors (Lipinski definition) is 5. The van der Waals surface area contributed by atoms with Gasteiger partial charge in [-0.25, -0.2) is 15.6 Å². The van der Waals surface area contributed by atoms with Gasteiger partial charge in [0.2, 0.25) is 5.91 Å². The number of aromatic nitrogens is 1. The minimum Gasteiger partial charge on any atom is -0.465 e. The van der Waals surface area contributed by atoms with E-state index in [1.54, 1.807) is 25.7 Å². The number of rotatable bonds is 13. The van der Waals surface area contributed by atoms with Crippen LogP contribution in [0, 0.1) is 5.92 Å². The zero-order valence-corrected chi connectivity index (χ0v) is 31.4. The predicted octanol–water partition coefficient (Wildman–Crippen LogP) is 2.31. The third kappa shape index (κ3) is 15.2. The maximum Gasteiger partial charge on any atom is 0.410 e. The Morgan fingerprint density at radius 1 is 1.06 bits per heavy atom. The minimum absolute atomic E-state index is 0.0397. The Kier molecular flexibility index (Phi) is 18.3. The average Bonchev–Trinajstić information content (AvgIpc) is 3.05. The normalized spacial score (nSPS) is 16.0. The molecule has 3 heterocycles. The molecule has 2 fully saturated rings. The van der Waals surface area contributed by atoms with Crippen LogP contribution < -0.4 is 16.9 Å². The molecule has 49 heavy (non-hydrogen) atoms. The molecule has 15 nitrogen and oxygen atoms in total. The molecule has 0 radical (unpaired) electrons. The molecule has 276 valence electrons. The van der Waals surface area contributed by atoms with Crippen LogP contribution in [0.1, 0.15) is 51.0 Å². The van der Waals surface area contributed by atoms with Gasteiger partial charge in [-0.15, -0.1) is 23.3 Å². The number of pyridine rings is 1. The van der Waals surface area contributed by atoms with Gasteiger partial charge in [-0.1, -0.05) is 11.6 Å². The number of thiol groups is 2. The SMILES string of the molecule is CCOC(=O)CN1CCC(CN2CCN(C(=O)c3ccc(NC(=O)CN(CCN(N)/C=C\N)C(=O)OC(C)(C)C)c(Cl)n3)CC2)CC1.SS. The Morgan fingerprint density at radius 2 is 1.71 bits per heavy atom. The highest BCUT2D eigenvalue weighted by molar-refractivity contribution is 8.59. The molecule has 3 rings (SSSR count). The van der Waals surface area contributed by atoms with Gasteiger partial charge in [0, 0.05) is 51.7 Å². The molecule has 0 unspecified atom stereocenters. The van der Waals surface area contributed by atoms with E-state index in [-0.39, 0.29) is 48.0 Å². The van der Waals surface area contributed by atoms with Crippen LogP contribution in [0.25, 0.3) is 0 Å². The first-order chi connectivity index (χ1) is 23.3. The maximum atomic E-state index is 13.2. The number of esters is 1. The smallest absolute Gasteiger partial charge is 0.410 e. The van der Waals surface area contributed by atoms with Crippen molar-refractivity contribution in [3.63, 3.8) is 0 Å². The Labute approximate surface area is 304 Å². The second-order valence-electron chi connectivity index (χ2n) is 12.7. The minimum atomic E-state index is -0.765. The second kappa shape index (κ2) is 21.3. The topological polar surface area (TPSA) is 180 Å². The van der Waals surface area contributed by atoms with E-state index in [0.29, 0.717) is 32.2 Å². The molecule has 1 aromatic rings. The number of amides is 3. The zero-order valence-electron chi connectivity index (χ0n) is 28.8. The first kappa shape index (κ1) is 42.2. The van der Waals surface area contributed by atoms with Gasteiger partial charge in [-0.05, 0) is 71.7 Å². The van der Waals surface area contributed by atoms with Gasteiger partial charge in [-0.2, -0.15) is 0 Å². The summed E-state index contributed by atoms with van der Waals surface area (Å²) in [5.74, 6) is 5.43. The summed E-state index contributed by atoms with van der Waals surface area (Å²) in [5, 5.41) is 3.90. The van der Waals surface area contributed by atoms with E-state index in [9.17, 15) is 19.2 Å². The number of carbonyl (C=O) groups is 4.